The number of non-ortho nitro benzene ring substituents is 1. The Labute approximate surface area is 220 Å². The molecule has 2 heterocycles. The summed E-state index contributed by atoms with van der Waals surface area (Å²) in [6, 6.07) is 17.4. The van der Waals surface area contributed by atoms with E-state index < -0.39 is 20.9 Å². The molecule has 1 aliphatic heterocycles. The van der Waals surface area contributed by atoms with E-state index in [4.69, 9.17) is 0 Å². The smallest absolute Gasteiger partial charge is 0.270 e. The van der Waals surface area contributed by atoms with Gasteiger partial charge in [-0.15, -0.1) is 11.3 Å². The van der Waals surface area contributed by atoms with Gasteiger partial charge in [0, 0.05) is 47.4 Å². The Morgan fingerprint density at radius 1 is 1.11 bits per heavy atom. The molecule has 11 heteroatoms. The van der Waals surface area contributed by atoms with Gasteiger partial charge in [-0.2, -0.15) is 4.31 Å². The van der Waals surface area contributed by atoms with Crippen LogP contribution < -0.4 is 10.6 Å². The van der Waals surface area contributed by atoms with Crippen LogP contribution in [0.1, 0.15) is 47.0 Å². The Hall–Kier alpha value is -3.28. The molecule has 1 saturated heterocycles. The number of nitrogens with zero attached hydrogens (tertiary/aromatic N) is 2. The van der Waals surface area contributed by atoms with E-state index in [2.05, 4.69) is 41.8 Å². The first kappa shape index (κ1) is 26.8. The Bertz CT molecular complexity index is 1350. The van der Waals surface area contributed by atoms with Crippen LogP contribution in [0.5, 0.6) is 0 Å². The largest absolute Gasteiger partial charge is 0.382 e. The number of anilines is 1. The van der Waals surface area contributed by atoms with Crippen LogP contribution in [-0.2, 0) is 23.0 Å². The fourth-order valence-electron chi connectivity index (χ4n) is 4.28. The zero-order chi connectivity index (χ0) is 26.4. The van der Waals surface area contributed by atoms with Crippen molar-refractivity contribution < 1.29 is 18.1 Å². The van der Waals surface area contributed by atoms with E-state index >= 15 is 0 Å². The molecule has 2 aromatic carbocycles. The molecule has 0 atom stereocenters. The Morgan fingerprint density at radius 2 is 1.84 bits per heavy atom. The molecule has 1 amide bonds. The number of amides is 1. The number of thiophene rings is 1. The SMILES string of the molecule is CCCc1ccc(NC2CCN(S(=O)(=O)c3ccc(CNC(=O)c4cccc([N+](=O)[O-])c4)s3)CC2)cc1. The summed E-state index contributed by atoms with van der Waals surface area (Å²) in [5, 5.41) is 17.1. The molecule has 0 bridgehead atoms. The average Bonchev–Trinajstić information content (AvgIpc) is 3.39. The fraction of sp³-hybridized carbons (Fsp3) is 0.346. The molecular weight excluding hydrogens is 512 g/mol. The van der Waals surface area contributed by atoms with E-state index in [1.165, 1.54) is 34.1 Å². The third-order valence-electron chi connectivity index (χ3n) is 6.29. The van der Waals surface area contributed by atoms with Crippen molar-refractivity contribution in [1.82, 2.24) is 9.62 Å². The number of sulfonamides is 1. The molecule has 3 aromatic rings. The van der Waals surface area contributed by atoms with Crippen molar-refractivity contribution in [2.24, 2.45) is 0 Å². The van der Waals surface area contributed by atoms with Gasteiger partial charge in [0.15, 0.2) is 0 Å². The Kier molecular flexibility index (Phi) is 8.57. The Morgan fingerprint density at radius 3 is 2.51 bits per heavy atom. The second kappa shape index (κ2) is 11.8. The number of carbonyl (C=O) groups is 1. The van der Waals surface area contributed by atoms with Crippen LogP contribution in [0.2, 0.25) is 0 Å². The lowest BCUT2D eigenvalue weighted by atomic mass is 10.1. The maximum Gasteiger partial charge on any atom is 0.270 e. The van der Waals surface area contributed by atoms with E-state index in [1.54, 1.807) is 12.1 Å². The van der Waals surface area contributed by atoms with Gasteiger partial charge in [0.2, 0.25) is 0 Å². The van der Waals surface area contributed by atoms with Crippen molar-refractivity contribution >= 4 is 38.6 Å². The number of aryl methyl sites for hydroxylation is 1. The summed E-state index contributed by atoms with van der Waals surface area (Å²) in [6.45, 7) is 3.16. The molecule has 1 aliphatic rings. The number of hydrogen-bond acceptors (Lipinski definition) is 7. The van der Waals surface area contributed by atoms with Crippen molar-refractivity contribution in [3.05, 3.63) is 86.8 Å². The van der Waals surface area contributed by atoms with E-state index in [0.29, 0.717) is 30.8 Å². The number of hydrogen-bond donors (Lipinski definition) is 2. The summed E-state index contributed by atoms with van der Waals surface area (Å²) in [6.07, 6.45) is 3.60. The molecule has 196 valence electrons. The first-order chi connectivity index (χ1) is 17.8. The van der Waals surface area contributed by atoms with Gasteiger partial charge in [-0.1, -0.05) is 31.5 Å². The number of nitro groups is 1. The van der Waals surface area contributed by atoms with Crippen LogP contribution in [0.3, 0.4) is 0 Å². The predicted molar refractivity (Wildman–Crippen MR) is 144 cm³/mol. The third kappa shape index (κ3) is 6.73. The number of carbonyl (C=O) groups excluding carboxylic acids is 1. The zero-order valence-corrected chi connectivity index (χ0v) is 22.2. The topological polar surface area (TPSA) is 122 Å². The minimum atomic E-state index is -3.62. The van der Waals surface area contributed by atoms with Crippen LogP contribution in [0.4, 0.5) is 11.4 Å². The number of nitro benzene ring substituents is 1. The quantitative estimate of drug-likeness (QED) is 0.280. The summed E-state index contributed by atoms with van der Waals surface area (Å²) < 4.78 is 28.1. The van der Waals surface area contributed by atoms with E-state index in [0.717, 1.165) is 29.9 Å². The molecule has 1 aromatic heterocycles. The molecule has 0 radical (unpaired) electrons. The fourth-order valence-corrected chi connectivity index (χ4v) is 7.20. The minimum absolute atomic E-state index is 0.130. The van der Waals surface area contributed by atoms with Crippen molar-refractivity contribution in [3.8, 4) is 0 Å². The third-order valence-corrected chi connectivity index (χ3v) is 9.74. The van der Waals surface area contributed by atoms with E-state index in [-0.39, 0.29) is 28.0 Å². The van der Waals surface area contributed by atoms with Crippen LogP contribution in [0.15, 0.2) is 64.9 Å². The molecular formula is C26H30N4O5S2. The molecule has 1 fully saturated rings. The Balaban J connectivity index is 1.30. The van der Waals surface area contributed by atoms with Crippen LogP contribution in [-0.4, -0.2) is 42.7 Å². The van der Waals surface area contributed by atoms with Gasteiger partial charge in [-0.05, 0) is 55.2 Å². The zero-order valence-electron chi connectivity index (χ0n) is 20.6. The first-order valence-corrected chi connectivity index (χ1v) is 14.5. The van der Waals surface area contributed by atoms with E-state index in [1.807, 2.05) is 0 Å². The number of nitrogens with one attached hydrogen (secondary N) is 2. The monoisotopic (exact) mass is 542 g/mol. The van der Waals surface area contributed by atoms with Crippen LogP contribution >= 0.6 is 11.3 Å². The second-order valence-electron chi connectivity index (χ2n) is 8.98. The minimum Gasteiger partial charge on any atom is -0.382 e. The van der Waals surface area contributed by atoms with Gasteiger partial charge in [-0.3, -0.25) is 14.9 Å². The van der Waals surface area contributed by atoms with Gasteiger partial charge in [0.05, 0.1) is 11.5 Å². The lowest BCUT2D eigenvalue weighted by molar-refractivity contribution is -0.384. The van der Waals surface area contributed by atoms with E-state index in [9.17, 15) is 23.3 Å². The van der Waals surface area contributed by atoms with Crippen molar-refractivity contribution in [3.63, 3.8) is 0 Å². The van der Waals surface area contributed by atoms with Crippen molar-refractivity contribution in [1.29, 1.82) is 0 Å². The van der Waals surface area contributed by atoms with Crippen LogP contribution in [0, 0.1) is 10.1 Å². The summed E-state index contributed by atoms with van der Waals surface area (Å²) in [5.41, 5.74) is 2.37. The van der Waals surface area contributed by atoms with Crippen LogP contribution in [0.25, 0.3) is 0 Å². The number of benzene rings is 2. The molecule has 4 rings (SSSR count). The van der Waals surface area contributed by atoms with Crippen molar-refractivity contribution in [2.45, 2.75) is 49.4 Å². The number of rotatable bonds is 10. The maximum atomic E-state index is 13.2. The highest BCUT2D eigenvalue weighted by Crippen LogP contribution is 2.28. The average molecular weight is 543 g/mol. The highest BCUT2D eigenvalue weighted by atomic mass is 32.2. The molecule has 0 unspecified atom stereocenters. The number of piperidine rings is 1. The predicted octanol–water partition coefficient (Wildman–Crippen LogP) is 4.80. The lowest BCUT2D eigenvalue weighted by Gasteiger charge is -2.31. The standard InChI is InChI=1S/C26H30N4O5S2/c1-2-4-19-7-9-21(10-8-19)28-22-13-15-29(16-14-22)37(34,35)25-12-11-24(36-25)18-27-26(31)20-5-3-6-23(17-20)30(32)33/h3,5-12,17,22,28H,2,4,13-16,18H2,1H3,(H,27,31). The maximum absolute atomic E-state index is 13.2. The second-order valence-corrected chi connectivity index (χ2v) is 12.3. The molecule has 2 N–H and O–H groups in total. The molecule has 0 saturated carbocycles. The highest BCUT2D eigenvalue weighted by molar-refractivity contribution is 7.91. The molecule has 37 heavy (non-hydrogen) atoms. The summed E-state index contributed by atoms with van der Waals surface area (Å²) >= 11 is 1.12. The summed E-state index contributed by atoms with van der Waals surface area (Å²) in [7, 11) is -3.62. The van der Waals surface area contributed by atoms with Crippen molar-refractivity contribution in [2.75, 3.05) is 18.4 Å². The van der Waals surface area contributed by atoms with Gasteiger partial charge in [0.25, 0.3) is 21.6 Å². The van der Waals surface area contributed by atoms with Gasteiger partial charge < -0.3 is 10.6 Å². The van der Waals surface area contributed by atoms with Gasteiger partial charge >= 0.3 is 0 Å². The highest BCUT2D eigenvalue weighted by Gasteiger charge is 2.30. The summed E-state index contributed by atoms with van der Waals surface area (Å²) in [4.78, 5) is 23.4. The molecule has 0 aliphatic carbocycles. The molecule has 9 nitrogen and oxygen atoms in total. The molecule has 0 spiro atoms. The van der Waals surface area contributed by atoms with Gasteiger partial charge in [-0.25, -0.2) is 8.42 Å². The summed E-state index contributed by atoms with van der Waals surface area (Å²) in [5.74, 6) is -0.462. The van der Waals surface area contributed by atoms with Gasteiger partial charge in [0.1, 0.15) is 4.21 Å². The lowest BCUT2D eigenvalue weighted by Crippen LogP contribution is -2.42. The normalized spacial score (nSPS) is 14.8. The first-order valence-electron chi connectivity index (χ1n) is 12.2.